The van der Waals surface area contributed by atoms with Crippen molar-refractivity contribution >= 4 is 5.69 Å². The zero-order valence-electron chi connectivity index (χ0n) is 8.91. The lowest BCUT2D eigenvalue weighted by atomic mass is 10.1. The van der Waals surface area contributed by atoms with E-state index in [2.05, 4.69) is 5.43 Å². The fourth-order valence-electron chi connectivity index (χ4n) is 1.67. The molecule has 0 radical (unpaired) electrons. The highest BCUT2D eigenvalue weighted by Crippen LogP contribution is 2.37. The average Bonchev–Trinajstić information content (AvgIpc) is 2.63. The van der Waals surface area contributed by atoms with Crippen LogP contribution >= 0.6 is 0 Å². The van der Waals surface area contributed by atoms with E-state index in [4.69, 9.17) is 15.3 Å². The highest BCUT2D eigenvalue weighted by Gasteiger charge is 2.16. The zero-order valence-corrected chi connectivity index (χ0v) is 8.91. The molecule has 3 N–H and O–H groups in total. The molecule has 0 atom stereocenters. The number of hydrogen-bond acceptors (Lipinski definition) is 5. The Bertz CT molecular complexity index is 368. The van der Waals surface area contributed by atoms with E-state index in [1.807, 2.05) is 31.0 Å². The van der Waals surface area contributed by atoms with Gasteiger partial charge >= 0.3 is 0 Å². The molecular weight excluding hydrogens is 194 g/mol. The van der Waals surface area contributed by atoms with Crippen LogP contribution < -0.4 is 25.6 Å². The third-order valence-corrected chi connectivity index (χ3v) is 2.43. The van der Waals surface area contributed by atoms with Crippen LogP contribution in [0.15, 0.2) is 12.1 Å². The number of benzene rings is 1. The van der Waals surface area contributed by atoms with Gasteiger partial charge in [0.25, 0.3) is 0 Å². The average molecular weight is 209 g/mol. The second-order valence-corrected chi connectivity index (χ2v) is 3.55. The number of nitrogens with two attached hydrogens (primary N) is 1. The van der Waals surface area contributed by atoms with Crippen molar-refractivity contribution in [3.05, 3.63) is 17.7 Å². The maximum absolute atomic E-state index is 5.32. The molecule has 15 heavy (non-hydrogen) atoms. The van der Waals surface area contributed by atoms with Gasteiger partial charge in [-0.3, -0.25) is 5.84 Å². The highest BCUT2D eigenvalue weighted by molar-refractivity contribution is 5.61. The van der Waals surface area contributed by atoms with Crippen molar-refractivity contribution < 1.29 is 9.47 Å². The van der Waals surface area contributed by atoms with Crippen molar-refractivity contribution in [3.8, 4) is 11.5 Å². The molecule has 0 saturated heterocycles. The predicted molar refractivity (Wildman–Crippen MR) is 57.9 cm³/mol. The van der Waals surface area contributed by atoms with Crippen molar-refractivity contribution in [2.45, 2.75) is 6.92 Å². The fraction of sp³-hybridized carbons (Fsp3) is 0.400. The Morgan fingerprint density at radius 3 is 2.73 bits per heavy atom. The summed E-state index contributed by atoms with van der Waals surface area (Å²) < 4.78 is 10.6. The molecule has 0 amide bonds. The first-order valence-electron chi connectivity index (χ1n) is 4.77. The topological polar surface area (TPSA) is 59.8 Å². The Hall–Kier alpha value is -1.46. The summed E-state index contributed by atoms with van der Waals surface area (Å²) in [6, 6.07) is 3.94. The maximum atomic E-state index is 5.32. The first kappa shape index (κ1) is 10.1. The van der Waals surface area contributed by atoms with Gasteiger partial charge in [0.1, 0.15) is 0 Å². The third-order valence-electron chi connectivity index (χ3n) is 2.43. The Labute approximate surface area is 88.7 Å². The molecule has 1 aromatic carbocycles. The number of aryl methyl sites for hydroxylation is 1. The molecule has 0 saturated carbocycles. The number of ether oxygens (including phenoxy) is 2. The van der Waals surface area contributed by atoms with E-state index in [-0.39, 0.29) is 0 Å². The molecule has 1 heterocycles. The largest absolute Gasteiger partial charge is 0.454 e. The van der Waals surface area contributed by atoms with E-state index in [0.29, 0.717) is 13.5 Å². The lowest BCUT2D eigenvalue weighted by molar-refractivity contribution is 0.174. The van der Waals surface area contributed by atoms with Crippen LogP contribution in [0, 0.1) is 6.92 Å². The molecule has 0 fully saturated rings. The Kier molecular flexibility index (Phi) is 2.66. The van der Waals surface area contributed by atoms with Crippen LogP contribution in [0.1, 0.15) is 5.56 Å². The molecule has 5 heteroatoms. The van der Waals surface area contributed by atoms with Gasteiger partial charge in [-0.1, -0.05) is 0 Å². The molecule has 2 rings (SSSR count). The number of nitrogens with one attached hydrogen (secondary N) is 1. The molecule has 0 bridgehead atoms. The van der Waals surface area contributed by atoms with Gasteiger partial charge in [0.2, 0.25) is 6.79 Å². The van der Waals surface area contributed by atoms with Gasteiger partial charge < -0.3 is 14.4 Å². The van der Waals surface area contributed by atoms with Crippen molar-refractivity contribution in [2.24, 2.45) is 5.84 Å². The molecule has 82 valence electrons. The number of fused-ring (bicyclic) bond motifs is 1. The minimum Gasteiger partial charge on any atom is -0.454 e. The van der Waals surface area contributed by atoms with Crippen LogP contribution in [-0.4, -0.2) is 20.5 Å². The SMILES string of the molecule is Cc1cc2c(cc1N(C)CNN)OCO2. The number of anilines is 1. The molecular formula is C10H15N3O2. The first-order chi connectivity index (χ1) is 7.22. The van der Waals surface area contributed by atoms with E-state index in [0.717, 1.165) is 22.7 Å². The van der Waals surface area contributed by atoms with Crippen molar-refractivity contribution in [1.82, 2.24) is 5.43 Å². The van der Waals surface area contributed by atoms with Crippen LogP contribution in [0.25, 0.3) is 0 Å². The molecule has 0 aromatic heterocycles. The van der Waals surface area contributed by atoms with E-state index in [1.165, 1.54) is 0 Å². The van der Waals surface area contributed by atoms with Crippen LogP contribution in [0.2, 0.25) is 0 Å². The third kappa shape index (κ3) is 1.84. The summed E-state index contributed by atoms with van der Waals surface area (Å²) in [7, 11) is 1.96. The smallest absolute Gasteiger partial charge is 0.231 e. The van der Waals surface area contributed by atoms with Crippen molar-refractivity contribution in [3.63, 3.8) is 0 Å². The van der Waals surface area contributed by atoms with Crippen LogP contribution in [-0.2, 0) is 0 Å². The van der Waals surface area contributed by atoms with Gasteiger partial charge in [0, 0.05) is 18.8 Å². The van der Waals surface area contributed by atoms with Gasteiger partial charge in [0.15, 0.2) is 11.5 Å². The normalized spacial score (nSPS) is 13.0. The number of hydrogen-bond donors (Lipinski definition) is 2. The minimum atomic E-state index is 0.303. The number of hydrazine groups is 1. The minimum absolute atomic E-state index is 0.303. The summed E-state index contributed by atoms with van der Waals surface area (Å²) in [5.41, 5.74) is 4.83. The van der Waals surface area contributed by atoms with Gasteiger partial charge in [-0.15, -0.1) is 0 Å². The van der Waals surface area contributed by atoms with Crippen LogP contribution in [0.5, 0.6) is 11.5 Å². The second-order valence-electron chi connectivity index (χ2n) is 3.55. The van der Waals surface area contributed by atoms with Gasteiger partial charge in [-0.05, 0) is 18.6 Å². The van der Waals surface area contributed by atoms with Crippen LogP contribution in [0.3, 0.4) is 0 Å². The maximum Gasteiger partial charge on any atom is 0.231 e. The lowest BCUT2D eigenvalue weighted by Crippen LogP contribution is -2.35. The standard InChI is InChI=1S/C10H15N3O2/c1-7-3-9-10(15-6-14-9)4-8(7)13(2)5-12-11/h3-4,12H,5-6,11H2,1-2H3. The van der Waals surface area contributed by atoms with E-state index < -0.39 is 0 Å². The summed E-state index contributed by atoms with van der Waals surface area (Å²) in [6.45, 7) is 2.92. The van der Waals surface area contributed by atoms with Crippen molar-refractivity contribution in [1.29, 1.82) is 0 Å². The molecule has 5 nitrogen and oxygen atoms in total. The van der Waals surface area contributed by atoms with Gasteiger partial charge in [0.05, 0.1) is 6.67 Å². The summed E-state index contributed by atoms with van der Waals surface area (Å²) >= 11 is 0. The van der Waals surface area contributed by atoms with Gasteiger partial charge in [-0.25, -0.2) is 5.43 Å². The van der Waals surface area contributed by atoms with E-state index >= 15 is 0 Å². The van der Waals surface area contributed by atoms with Gasteiger partial charge in [-0.2, -0.15) is 0 Å². The molecule has 0 aliphatic carbocycles. The Morgan fingerprint density at radius 1 is 1.40 bits per heavy atom. The summed E-state index contributed by atoms with van der Waals surface area (Å²) in [4.78, 5) is 2.01. The highest BCUT2D eigenvalue weighted by atomic mass is 16.7. The van der Waals surface area contributed by atoms with E-state index in [1.54, 1.807) is 0 Å². The molecule has 0 unspecified atom stereocenters. The van der Waals surface area contributed by atoms with Crippen molar-refractivity contribution in [2.75, 3.05) is 25.4 Å². The second kappa shape index (κ2) is 3.96. The van der Waals surface area contributed by atoms with E-state index in [9.17, 15) is 0 Å². The summed E-state index contributed by atoms with van der Waals surface area (Å²) in [5.74, 6) is 6.88. The van der Waals surface area contributed by atoms with Crippen LogP contribution in [0.4, 0.5) is 5.69 Å². The quantitative estimate of drug-likeness (QED) is 0.433. The Morgan fingerprint density at radius 2 is 2.07 bits per heavy atom. The fourth-order valence-corrected chi connectivity index (χ4v) is 1.67. The first-order valence-corrected chi connectivity index (χ1v) is 4.77. The molecule has 1 aliphatic rings. The zero-order chi connectivity index (χ0) is 10.8. The summed E-state index contributed by atoms with van der Waals surface area (Å²) in [5, 5.41) is 0. The number of rotatable bonds is 3. The molecule has 0 spiro atoms. The Balaban J connectivity index is 2.31. The monoisotopic (exact) mass is 209 g/mol. The molecule has 1 aliphatic heterocycles. The number of nitrogens with zero attached hydrogens (tertiary/aromatic N) is 1. The predicted octanol–water partition coefficient (Wildman–Crippen LogP) is 0.581. The lowest BCUT2D eigenvalue weighted by Gasteiger charge is -2.20. The molecule has 1 aromatic rings. The summed E-state index contributed by atoms with van der Waals surface area (Å²) in [6.07, 6.45) is 0.